The predicted octanol–water partition coefficient (Wildman–Crippen LogP) is 6.40. The van der Waals surface area contributed by atoms with Gasteiger partial charge >= 0.3 is 0 Å². The minimum atomic E-state index is -0.572. The molecule has 1 aliphatic carbocycles. The summed E-state index contributed by atoms with van der Waals surface area (Å²) in [7, 11) is 0. The number of amides is 2. The minimum Gasteiger partial charge on any atom is -0.322 e. The summed E-state index contributed by atoms with van der Waals surface area (Å²) in [5.74, 6) is -1.15. The number of anilines is 2. The molecule has 2 amide bonds. The van der Waals surface area contributed by atoms with Gasteiger partial charge in [0.2, 0.25) is 0 Å². The SMILES string of the molecule is O=C(Nc1ccc(C(=O)N2CCC3(C=CCCC3)Cc3ccccc32)cc1)c1ccccc1F. The summed E-state index contributed by atoms with van der Waals surface area (Å²) >= 11 is 0. The first kappa shape index (κ1) is 22.1. The fourth-order valence-corrected chi connectivity index (χ4v) is 5.10. The van der Waals surface area contributed by atoms with Crippen LogP contribution in [-0.2, 0) is 6.42 Å². The second-order valence-electron chi connectivity index (χ2n) is 9.18. The van der Waals surface area contributed by atoms with Crippen LogP contribution in [0, 0.1) is 11.2 Å². The van der Waals surface area contributed by atoms with E-state index in [0.29, 0.717) is 17.8 Å². The lowest BCUT2D eigenvalue weighted by Crippen LogP contribution is -2.33. The van der Waals surface area contributed by atoms with Gasteiger partial charge in [0, 0.05) is 23.5 Å². The maximum absolute atomic E-state index is 13.9. The van der Waals surface area contributed by atoms with E-state index >= 15 is 0 Å². The normalized spacial score (nSPS) is 19.4. The number of allylic oxidation sites excluding steroid dienone is 2. The molecule has 4 nitrogen and oxygen atoms in total. The molecule has 5 rings (SSSR count). The Bertz CT molecular complexity index is 1250. The van der Waals surface area contributed by atoms with Crippen molar-refractivity contribution in [1.29, 1.82) is 0 Å². The van der Waals surface area contributed by atoms with Crippen LogP contribution in [0.4, 0.5) is 15.8 Å². The van der Waals surface area contributed by atoms with Gasteiger partial charge in [-0.05, 0) is 85.5 Å². The van der Waals surface area contributed by atoms with Gasteiger partial charge in [0.1, 0.15) is 5.82 Å². The third-order valence-electron chi connectivity index (χ3n) is 6.93. The highest BCUT2D eigenvalue weighted by molar-refractivity contribution is 6.07. The molecule has 0 aromatic heterocycles. The number of carbonyl (C=O) groups is 2. The Morgan fingerprint density at radius 2 is 1.68 bits per heavy atom. The topological polar surface area (TPSA) is 49.4 Å². The van der Waals surface area contributed by atoms with Crippen LogP contribution in [0.1, 0.15) is 52.0 Å². The number of hydrogen-bond acceptors (Lipinski definition) is 2. The fraction of sp³-hybridized carbons (Fsp3) is 0.241. The van der Waals surface area contributed by atoms with E-state index in [1.165, 1.54) is 24.1 Å². The Morgan fingerprint density at radius 1 is 0.912 bits per heavy atom. The second kappa shape index (κ2) is 9.26. The molecule has 34 heavy (non-hydrogen) atoms. The molecule has 3 aromatic rings. The maximum Gasteiger partial charge on any atom is 0.258 e. The van der Waals surface area contributed by atoms with Crippen molar-refractivity contribution in [2.75, 3.05) is 16.8 Å². The van der Waals surface area contributed by atoms with Crippen molar-refractivity contribution in [3.8, 4) is 0 Å². The standard InChI is InChI=1S/C29H27FN2O2/c30-25-10-4-3-9-24(25)27(33)31-23-14-12-21(13-15-23)28(34)32-19-18-29(16-6-1-7-17-29)20-22-8-2-5-11-26(22)32/h2-6,8-16H,1,7,17-20H2,(H,31,33). The Kier molecular flexibility index (Phi) is 6.01. The number of para-hydroxylation sites is 1. The van der Waals surface area contributed by atoms with Crippen LogP contribution >= 0.6 is 0 Å². The summed E-state index contributed by atoms with van der Waals surface area (Å²) in [6.07, 6.45) is 10.0. The van der Waals surface area contributed by atoms with E-state index in [1.54, 1.807) is 36.4 Å². The number of benzene rings is 3. The van der Waals surface area contributed by atoms with Crippen LogP contribution in [0.2, 0.25) is 0 Å². The van der Waals surface area contributed by atoms with Crippen LogP contribution in [0.3, 0.4) is 0 Å². The molecular formula is C29H27FN2O2. The molecule has 2 aliphatic rings. The molecular weight excluding hydrogens is 427 g/mol. The summed E-state index contributed by atoms with van der Waals surface area (Å²) < 4.78 is 13.9. The quantitative estimate of drug-likeness (QED) is 0.466. The van der Waals surface area contributed by atoms with E-state index in [0.717, 1.165) is 31.4 Å². The van der Waals surface area contributed by atoms with Crippen molar-refractivity contribution in [2.24, 2.45) is 5.41 Å². The molecule has 5 heteroatoms. The van der Waals surface area contributed by atoms with E-state index in [2.05, 4.69) is 23.5 Å². The van der Waals surface area contributed by atoms with Crippen LogP contribution in [0.15, 0.2) is 84.9 Å². The molecule has 3 aromatic carbocycles. The third-order valence-corrected chi connectivity index (χ3v) is 6.93. The molecule has 0 saturated heterocycles. The molecule has 1 atom stereocenters. The number of carbonyl (C=O) groups excluding carboxylic acids is 2. The molecule has 1 heterocycles. The van der Waals surface area contributed by atoms with Gasteiger partial charge in [-0.3, -0.25) is 9.59 Å². The van der Waals surface area contributed by atoms with Crippen molar-refractivity contribution >= 4 is 23.2 Å². The third kappa shape index (κ3) is 4.38. The highest BCUT2D eigenvalue weighted by Crippen LogP contribution is 2.43. The lowest BCUT2D eigenvalue weighted by molar-refractivity contribution is 0.0983. The van der Waals surface area contributed by atoms with Crippen molar-refractivity contribution in [3.05, 3.63) is 107 Å². The zero-order valence-electron chi connectivity index (χ0n) is 19.0. The number of rotatable bonds is 3. The van der Waals surface area contributed by atoms with E-state index in [1.807, 2.05) is 23.1 Å². The summed E-state index contributed by atoms with van der Waals surface area (Å²) in [6.45, 7) is 0.659. The van der Waals surface area contributed by atoms with Gasteiger partial charge < -0.3 is 10.2 Å². The molecule has 0 saturated carbocycles. The molecule has 0 radical (unpaired) electrons. The zero-order valence-corrected chi connectivity index (χ0v) is 19.0. The highest BCUT2D eigenvalue weighted by Gasteiger charge is 2.35. The molecule has 1 N–H and O–H groups in total. The monoisotopic (exact) mass is 454 g/mol. The van der Waals surface area contributed by atoms with Gasteiger partial charge in [0.05, 0.1) is 5.56 Å². The van der Waals surface area contributed by atoms with Gasteiger partial charge in [-0.15, -0.1) is 0 Å². The average molecular weight is 455 g/mol. The first-order valence-electron chi connectivity index (χ1n) is 11.8. The zero-order chi connectivity index (χ0) is 23.5. The molecule has 0 bridgehead atoms. The molecule has 1 spiro atoms. The largest absolute Gasteiger partial charge is 0.322 e. The predicted molar refractivity (Wildman–Crippen MR) is 133 cm³/mol. The van der Waals surface area contributed by atoms with Gasteiger partial charge in [-0.25, -0.2) is 4.39 Å². The number of nitrogens with zero attached hydrogens (tertiary/aromatic N) is 1. The van der Waals surface area contributed by atoms with Gasteiger partial charge in [0.25, 0.3) is 11.8 Å². The minimum absolute atomic E-state index is 0.0190. The number of fused-ring (bicyclic) bond motifs is 1. The second-order valence-corrected chi connectivity index (χ2v) is 9.18. The first-order valence-corrected chi connectivity index (χ1v) is 11.8. The first-order chi connectivity index (χ1) is 16.5. The highest BCUT2D eigenvalue weighted by atomic mass is 19.1. The van der Waals surface area contributed by atoms with Crippen molar-refractivity contribution in [2.45, 2.75) is 32.1 Å². The Hall–Kier alpha value is -3.73. The Morgan fingerprint density at radius 3 is 2.44 bits per heavy atom. The summed E-state index contributed by atoms with van der Waals surface area (Å²) in [6, 6.07) is 20.8. The summed E-state index contributed by atoms with van der Waals surface area (Å²) in [5, 5.41) is 2.70. The molecule has 172 valence electrons. The fourth-order valence-electron chi connectivity index (χ4n) is 5.10. The van der Waals surface area contributed by atoms with Crippen LogP contribution in [-0.4, -0.2) is 18.4 Å². The van der Waals surface area contributed by atoms with E-state index in [9.17, 15) is 14.0 Å². The number of hydrogen-bond donors (Lipinski definition) is 1. The lowest BCUT2D eigenvalue weighted by atomic mass is 9.72. The number of halogens is 1. The average Bonchev–Trinajstić information content (AvgIpc) is 3.01. The van der Waals surface area contributed by atoms with Crippen LogP contribution < -0.4 is 10.2 Å². The van der Waals surface area contributed by atoms with E-state index < -0.39 is 11.7 Å². The van der Waals surface area contributed by atoms with E-state index in [-0.39, 0.29) is 16.9 Å². The van der Waals surface area contributed by atoms with E-state index in [4.69, 9.17) is 0 Å². The van der Waals surface area contributed by atoms with Gasteiger partial charge in [0.15, 0.2) is 0 Å². The van der Waals surface area contributed by atoms with Gasteiger partial charge in [-0.2, -0.15) is 0 Å². The van der Waals surface area contributed by atoms with Crippen LogP contribution in [0.5, 0.6) is 0 Å². The van der Waals surface area contributed by atoms with Crippen LogP contribution in [0.25, 0.3) is 0 Å². The Labute approximate surface area is 199 Å². The lowest BCUT2D eigenvalue weighted by Gasteiger charge is -2.32. The van der Waals surface area contributed by atoms with Crippen molar-refractivity contribution in [1.82, 2.24) is 0 Å². The molecule has 0 fully saturated rings. The maximum atomic E-state index is 13.9. The van der Waals surface area contributed by atoms with Crippen molar-refractivity contribution < 1.29 is 14.0 Å². The smallest absolute Gasteiger partial charge is 0.258 e. The van der Waals surface area contributed by atoms with Gasteiger partial charge in [-0.1, -0.05) is 42.5 Å². The molecule has 1 aliphatic heterocycles. The number of nitrogens with one attached hydrogen (secondary N) is 1. The van der Waals surface area contributed by atoms with Crippen molar-refractivity contribution in [3.63, 3.8) is 0 Å². The summed E-state index contributed by atoms with van der Waals surface area (Å²) in [4.78, 5) is 27.8. The molecule has 1 unspecified atom stereocenters. The Balaban J connectivity index is 1.36. The summed E-state index contributed by atoms with van der Waals surface area (Å²) in [5.41, 5.74) is 3.33.